The summed E-state index contributed by atoms with van der Waals surface area (Å²) in [6.45, 7) is 1.67. The van der Waals surface area contributed by atoms with Crippen LogP contribution in [0.4, 0.5) is 18.9 Å². The lowest BCUT2D eigenvalue weighted by molar-refractivity contribution is -0.195. The number of hydrogen-bond donors (Lipinski definition) is 3. The van der Waals surface area contributed by atoms with Gasteiger partial charge in [0.15, 0.2) is 0 Å². The largest absolute Gasteiger partial charge is 0.386 e. The Bertz CT molecular complexity index is 1290. The van der Waals surface area contributed by atoms with Gasteiger partial charge in [-0.05, 0) is 56.5 Å². The predicted molar refractivity (Wildman–Crippen MR) is 121 cm³/mol. The second-order valence-electron chi connectivity index (χ2n) is 9.13. The van der Waals surface area contributed by atoms with Crippen molar-refractivity contribution in [2.75, 3.05) is 5.32 Å². The minimum Gasteiger partial charge on any atom is -0.386 e. The number of benzene rings is 1. The molecule has 7 nitrogen and oxygen atoms in total. The van der Waals surface area contributed by atoms with Crippen molar-refractivity contribution in [3.63, 3.8) is 0 Å². The maximum Gasteiger partial charge on any atom is 0.274 e. The van der Waals surface area contributed by atoms with E-state index in [1.807, 2.05) is 0 Å². The van der Waals surface area contributed by atoms with E-state index in [0.29, 0.717) is 30.5 Å². The zero-order chi connectivity index (χ0) is 25.0. The van der Waals surface area contributed by atoms with Crippen molar-refractivity contribution >= 4 is 11.6 Å². The molecule has 1 spiro atoms. The first kappa shape index (κ1) is 23.4. The number of pyridine rings is 2. The molecule has 1 saturated carbocycles. The fourth-order valence-corrected chi connectivity index (χ4v) is 4.61. The Balaban J connectivity index is 1.44. The van der Waals surface area contributed by atoms with Crippen LogP contribution < -0.4 is 11.1 Å². The normalized spacial score (nSPS) is 24.9. The van der Waals surface area contributed by atoms with Gasteiger partial charge < -0.3 is 20.9 Å². The van der Waals surface area contributed by atoms with Gasteiger partial charge >= 0.3 is 0 Å². The van der Waals surface area contributed by atoms with Crippen LogP contribution in [0.3, 0.4) is 0 Å². The number of nitrogens with two attached hydrogens (primary N) is 1. The molecule has 3 heterocycles. The zero-order valence-corrected chi connectivity index (χ0v) is 18.8. The number of carbonyl (C=O) groups is 1. The number of amides is 1. The van der Waals surface area contributed by atoms with Crippen molar-refractivity contribution in [3.05, 3.63) is 77.5 Å². The van der Waals surface area contributed by atoms with E-state index in [9.17, 15) is 23.1 Å². The lowest BCUT2D eigenvalue weighted by Gasteiger charge is -2.46. The number of aromatic nitrogens is 2. The van der Waals surface area contributed by atoms with E-state index in [1.165, 1.54) is 6.20 Å². The van der Waals surface area contributed by atoms with Crippen LogP contribution in [0.2, 0.25) is 0 Å². The second-order valence-corrected chi connectivity index (χ2v) is 9.13. The lowest BCUT2D eigenvalue weighted by Crippen LogP contribution is -2.60. The SMILES string of the molecule is C[C@]1(O)[C@@H](N)C[C@H](c2ccncc2NC(=O)c2ccc(F)c(-c3c(F)cccc3F)n2)OC12CC2. The Morgan fingerprint density at radius 2 is 1.86 bits per heavy atom. The third-order valence-corrected chi connectivity index (χ3v) is 6.91. The van der Waals surface area contributed by atoms with E-state index in [-0.39, 0.29) is 5.69 Å². The summed E-state index contributed by atoms with van der Waals surface area (Å²) in [5, 5.41) is 13.5. The van der Waals surface area contributed by atoms with Crippen LogP contribution in [0, 0.1) is 17.5 Å². The molecular formula is C25H23F3N4O3. The fraction of sp³-hybridized carbons (Fsp3) is 0.320. The molecule has 2 aliphatic rings. The molecule has 2 fully saturated rings. The predicted octanol–water partition coefficient (Wildman–Crippen LogP) is 3.89. The number of halogens is 3. The van der Waals surface area contributed by atoms with Crippen LogP contribution in [0.5, 0.6) is 0 Å². The summed E-state index contributed by atoms with van der Waals surface area (Å²) < 4.78 is 49.1. The van der Waals surface area contributed by atoms with Crippen LogP contribution >= 0.6 is 0 Å². The van der Waals surface area contributed by atoms with Gasteiger partial charge in [-0.15, -0.1) is 0 Å². The molecular weight excluding hydrogens is 461 g/mol. The molecule has 1 amide bonds. The number of rotatable bonds is 4. The summed E-state index contributed by atoms with van der Waals surface area (Å²) in [6.07, 6.45) is 4.12. The highest BCUT2D eigenvalue weighted by atomic mass is 19.1. The van der Waals surface area contributed by atoms with Crippen LogP contribution in [-0.4, -0.2) is 38.2 Å². The summed E-state index contributed by atoms with van der Waals surface area (Å²) in [5.74, 6) is -3.71. The highest BCUT2D eigenvalue weighted by molar-refractivity contribution is 6.03. The van der Waals surface area contributed by atoms with Gasteiger partial charge in [0.05, 0.1) is 29.2 Å². The van der Waals surface area contributed by atoms with E-state index in [2.05, 4.69) is 15.3 Å². The molecule has 10 heteroatoms. The maximum atomic E-state index is 14.4. The molecule has 0 bridgehead atoms. The highest BCUT2D eigenvalue weighted by Crippen LogP contribution is 2.56. The second kappa shape index (κ2) is 8.40. The molecule has 35 heavy (non-hydrogen) atoms. The average molecular weight is 484 g/mol. The van der Waals surface area contributed by atoms with Crippen LogP contribution in [-0.2, 0) is 4.74 Å². The van der Waals surface area contributed by atoms with Crippen molar-refractivity contribution in [2.45, 2.75) is 49.5 Å². The zero-order valence-electron chi connectivity index (χ0n) is 18.8. The molecule has 2 aromatic heterocycles. The Hall–Kier alpha value is -3.34. The topological polar surface area (TPSA) is 110 Å². The number of hydrogen-bond acceptors (Lipinski definition) is 6. The van der Waals surface area contributed by atoms with Gasteiger partial charge in [0.25, 0.3) is 5.91 Å². The summed E-state index contributed by atoms with van der Waals surface area (Å²) in [7, 11) is 0. The highest BCUT2D eigenvalue weighted by Gasteiger charge is 2.64. The van der Waals surface area contributed by atoms with Crippen molar-refractivity contribution in [2.24, 2.45) is 5.73 Å². The number of aliphatic hydroxyl groups is 1. The number of nitrogens with zero attached hydrogens (tertiary/aromatic N) is 2. The summed E-state index contributed by atoms with van der Waals surface area (Å²) in [5.41, 5.74) is 3.76. The van der Waals surface area contributed by atoms with Gasteiger partial charge in [-0.25, -0.2) is 18.2 Å². The van der Waals surface area contributed by atoms with Crippen molar-refractivity contribution < 1.29 is 27.8 Å². The minimum atomic E-state index is -1.17. The molecule has 0 unspecified atom stereocenters. The molecule has 1 aliphatic heterocycles. The standard InChI is InChI=1S/C25H23F3N4O3/c1-24(34)20(29)11-19(35-25(24)8-9-25)13-7-10-30-12-18(13)32-23(33)17-6-5-16(28)22(31-17)21-14(26)3-2-4-15(21)27/h2-7,10,12,19-20,34H,8-9,11,29H2,1H3,(H,32,33)/t19-,20+,24+/m1/s1. The van der Waals surface area contributed by atoms with Crippen LogP contribution in [0.25, 0.3) is 11.3 Å². The quantitative estimate of drug-likeness (QED) is 0.518. The van der Waals surface area contributed by atoms with E-state index in [1.54, 1.807) is 19.2 Å². The number of ether oxygens (including phenoxy) is 1. The Labute approximate surface area is 199 Å². The van der Waals surface area contributed by atoms with Crippen LogP contribution in [0.15, 0.2) is 48.8 Å². The van der Waals surface area contributed by atoms with Gasteiger partial charge in [0, 0.05) is 17.8 Å². The fourth-order valence-electron chi connectivity index (χ4n) is 4.61. The van der Waals surface area contributed by atoms with Gasteiger partial charge in [0.1, 0.15) is 34.4 Å². The molecule has 182 valence electrons. The number of carbonyl (C=O) groups excluding carboxylic acids is 1. The first-order valence-corrected chi connectivity index (χ1v) is 11.1. The monoisotopic (exact) mass is 484 g/mol. The Morgan fingerprint density at radius 3 is 2.54 bits per heavy atom. The average Bonchev–Trinajstić information content (AvgIpc) is 3.60. The number of anilines is 1. The van der Waals surface area contributed by atoms with Gasteiger partial charge in [-0.3, -0.25) is 9.78 Å². The molecule has 1 aliphatic carbocycles. The molecule has 3 aromatic rings. The first-order valence-electron chi connectivity index (χ1n) is 11.1. The lowest BCUT2D eigenvalue weighted by atomic mass is 9.80. The third-order valence-electron chi connectivity index (χ3n) is 6.91. The van der Waals surface area contributed by atoms with E-state index in [4.69, 9.17) is 10.5 Å². The van der Waals surface area contributed by atoms with Crippen molar-refractivity contribution in [3.8, 4) is 11.3 Å². The van der Waals surface area contributed by atoms with E-state index >= 15 is 0 Å². The Morgan fingerprint density at radius 1 is 1.14 bits per heavy atom. The maximum absolute atomic E-state index is 14.4. The van der Waals surface area contributed by atoms with Crippen molar-refractivity contribution in [1.82, 2.24) is 9.97 Å². The van der Waals surface area contributed by atoms with Crippen LogP contribution in [0.1, 0.15) is 48.3 Å². The van der Waals surface area contributed by atoms with Gasteiger partial charge in [-0.1, -0.05) is 6.07 Å². The third kappa shape index (κ3) is 3.97. The molecule has 4 N–H and O–H groups in total. The summed E-state index contributed by atoms with van der Waals surface area (Å²) in [6, 6.07) is 6.29. The van der Waals surface area contributed by atoms with E-state index in [0.717, 1.165) is 30.3 Å². The van der Waals surface area contributed by atoms with Crippen molar-refractivity contribution in [1.29, 1.82) is 0 Å². The Kier molecular flexibility index (Phi) is 5.62. The molecule has 1 saturated heterocycles. The summed E-state index contributed by atoms with van der Waals surface area (Å²) in [4.78, 5) is 21.0. The minimum absolute atomic E-state index is 0.248. The smallest absolute Gasteiger partial charge is 0.274 e. The molecule has 1 aromatic carbocycles. The first-order chi connectivity index (χ1) is 16.6. The van der Waals surface area contributed by atoms with E-state index < -0.39 is 58.0 Å². The van der Waals surface area contributed by atoms with Gasteiger partial charge in [-0.2, -0.15) is 0 Å². The molecule has 3 atom stereocenters. The van der Waals surface area contributed by atoms with Gasteiger partial charge in [0.2, 0.25) is 0 Å². The molecule has 5 rings (SSSR count). The molecule has 0 radical (unpaired) electrons. The number of nitrogens with one attached hydrogen (secondary N) is 1. The summed E-state index contributed by atoms with van der Waals surface area (Å²) >= 11 is 0.